The Bertz CT molecular complexity index is 1160. The summed E-state index contributed by atoms with van der Waals surface area (Å²) in [6, 6.07) is 15.5. The third-order valence-corrected chi connectivity index (χ3v) is 7.18. The van der Waals surface area contributed by atoms with Crippen molar-refractivity contribution in [1.29, 1.82) is 0 Å². The Morgan fingerprint density at radius 3 is 2.46 bits per heavy atom. The van der Waals surface area contributed by atoms with Crippen molar-refractivity contribution < 1.29 is 27.5 Å². The van der Waals surface area contributed by atoms with Crippen LogP contribution >= 0.6 is 0 Å². The lowest BCUT2D eigenvalue weighted by molar-refractivity contribution is -0.151. The first-order valence-electron chi connectivity index (χ1n) is 12.5. The van der Waals surface area contributed by atoms with Crippen LogP contribution in [0.3, 0.4) is 0 Å². The van der Waals surface area contributed by atoms with Gasteiger partial charge in [-0.1, -0.05) is 36.4 Å². The van der Waals surface area contributed by atoms with E-state index in [0.717, 1.165) is 18.6 Å². The molecular weight excluding hydrogens is 483 g/mol. The van der Waals surface area contributed by atoms with Crippen molar-refractivity contribution in [3.8, 4) is 0 Å². The van der Waals surface area contributed by atoms with Crippen LogP contribution in [0.5, 0.6) is 0 Å². The van der Waals surface area contributed by atoms with Crippen molar-refractivity contribution in [2.24, 2.45) is 0 Å². The van der Waals surface area contributed by atoms with Crippen LogP contribution in [0, 0.1) is 0 Å². The summed E-state index contributed by atoms with van der Waals surface area (Å²) in [4.78, 5) is 28.0. The van der Waals surface area contributed by atoms with Crippen LogP contribution in [0.15, 0.2) is 65.7 Å². The molecule has 2 aliphatic heterocycles. The third-order valence-electron chi connectivity index (χ3n) is 7.18. The summed E-state index contributed by atoms with van der Waals surface area (Å²) >= 11 is 0. The zero-order chi connectivity index (χ0) is 26.6. The molecule has 1 amide bonds. The Balaban J connectivity index is 1.32. The molecule has 1 unspecified atom stereocenters. The first-order valence-corrected chi connectivity index (χ1v) is 12.5. The maximum atomic E-state index is 13.1. The Hall–Kier alpha value is -3.33. The predicted octanol–water partition coefficient (Wildman–Crippen LogP) is 4.57. The summed E-state index contributed by atoms with van der Waals surface area (Å²) in [5, 5.41) is 5.70. The largest absolute Gasteiger partial charge is 0.450 e. The third kappa shape index (κ3) is 6.15. The van der Waals surface area contributed by atoms with Gasteiger partial charge < -0.3 is 20.3 Å². The number of amides is 1. The van der Waals surface area contributed by atoms with Crippen LogP contribution in [0.1, 0.15) is 37.8 Å². The number of anilines is 1. The minimum absolute atomic E-state index is 0.177. The van der Waals surface area contributed by atoms with Crippen molar-refractivity contribution in [3.05, 3.63) is 76.9 Å². The van der Waals surface area contributed by atoms with Crippen LogP contribution < -0.4 is 10.6 Å². The van der Waals surface area contributed by atoms with Crippen molar-refractivity contribution >= 4 is 17.6 Å². The Kier molecular flexibility index (Phi) is 7.92. The molecule has 9 heteroatoms. The minimum atomic E-state index is -4.42. The molecule has 37 heavy (non-hydrogen) atoms. The van der Waals surface area contributed by atoms with Crippen LogP contribution in [-0.2, 0) is 26.9 Å². The van der Waals surface area contributed by atoms with Gasteiger partial charge in [-0.3, -0.25) is 4.79 Å². The summed E-state index contributed by atoms with van der Waals surface area (Å²) in [5.74, 6) is -0.849. The Morgan fingerprint density at radius 1 is 1.08 bits per heavy atom. The lowest BCUT2D eigenvalue weighted by Crippen LogP contribution is -2.51. The molecule has 2 aromatic rings. The van der Waals surface area contributed by atoms with Crippen LogP contribution in [0.4, 0.5) is 18.9 Å². The first-order chi connectivity index (χ1) is 17.6. The molecule has 2 N–H and O–H groups in total. The fraction of sp³-hybridized carbons (Fsp3) is 0.429. The van der Waals surface area contributed by atoms with Gasteiger partial charge in [-0.25, -0.2) is 4.79 Å². The van der Waals surface area contributed by atoms with E-state index in [9.17, 15) is 22.8 Å². The highest BCUT2D eigenvalue weighted by Crippen LogP contribution is 2.41. The maximum absolute atomic E-state index is 13.1. The van der Waals surface area contributed by atoms with Crippen LogP contribution in [-0.4, -0.2) is 54.6 Å². The van der Waals surface area contributed by atoms with Crippen LogP contribution in [0.25, 0.3) is 0 Å². The Morgan fingerprint density at radius 2 is 1.78 bits per heavy atom. The standard InChI is InChI=1S/C28H32F3N3O3/c1-19(17-21-7-4-3-5-8-21)34-15-11-27(12-16-34)24(20(2)26(36)37-27)25(35)33-14-13-32-23-10-6-9-22(18-23)28(29,30)31/h3-10,18-19,32H,11-17H2,1-2H3,(H,33,35). The van der Waals surface area contributed by atoms with E-state index in [0.29, 0.717) is 48.8 Å². The molecule has 0 aromatic heterocycles. The van der Waals surface area contributed by atoms with Gasteiger partial charge in [0.05, 0.1) is 11.1 Å². The summed E-state index contributed by atoms with van der Waals surface area (Å²) in [7, 11) is 0. The smallest absolute Gasteiger partial charge is 0.416 e. The lowest BCUT2D eigenvalue weighted by atomic mass is 9.82. The van der Waals surface area contributed by atoms with Gasteiger partial charge in [-0.15, -0.1) is 0 Å². The molecule has 1 spiro atoms. The number of benzene rings is 2. The number of nitrogens with one attached hydrogen (secondary N) is 2. The number of rotatable bonds is 8. The molecule has 0 bridgehead atoms. The summed E-state index contributed by atoms with van der Waals surface area (Å²) in [5.41, 5.74) is 0.573. The van der Waals surface area contributed by atoms with E-state index >= 15 is 0 Å². The number of hydrogen-bond donors (Lipinski definition) is 2. The zero-order valence-corrected chi connectivity index (χ0v) is 21.0. The number of alkyl halides is 3. The van der Waals surface area contributed by atoms with E-state index in [1.54, 1.807) is 6.92 Å². The highest BCUT2D eigenvalue weighted by atomic mass is 19.4. The van der Waals surface area contributed by atoms with E-state index in [-0.39, 0.29) is 19.0 Å². The predicted molar refractivity (Wildman–Crippen MR) is 135 cm³/mol. The van der Waals surface area contributed by atoms with E-state index in [1.165, 1.54) is 17.7 Å². The number of esters is 1. The summed E-state index contributed by atoms with van der Waals surface area (Å²) < 4.78 is 44.5. The maximum Gasteiger partial charge on any atom is 0.416 e. The van der Waals surface area contributed by atoms with Crippen molar-refractivity contribution in [2.75, 3.05) is 31.5 Å². The lowest BCUT2D eigenvalue weighted by Gasteiger charge is -2.41. The highest BCUT2D eigenvalue weighted by Gasteiger charge is 2.51. The number of nitrogens with zero attached hydrogens (tertiary/aromatic N) is 1. The molecule has 2 aliphatic rings. The molecule has 2 heterocycles. The summed E-state index contributed by atoms with van der Waals surface area (Å²) in [6.07, 6.45) is -2.45. The number of halogens is 3. The highest BCUT2D eigenvalue weighted by molar-refractivity contribution is 6.07. The van der Waals surface area contributed by atoms with E-state index in [1.807, 2.05) is 18.2 Å². The van der Waals surface area contributed by atoms with Gasteiger partial charge in [-0.2, -0.15) is 13.2 Å². The van der Waals surface area contributed by atoms with Crippen molar-refractivity contribution in [3.63, 3.8) is 0 Å². The average Bonchev–Trinajstić information content (AvgIpc) is 3.11. The van der Waals surface area contributed by atoms with Gasteiger partial charge in [0.25, 0.3) is 5.91 Å². The number of piperidine rings is 1. The number of likely N-dealkylation sites (tertiary alicyclic amines) is 1. The second-order valence-electron chi connectivity index (χ2n) is 9.72. The second-order valence-corrected chi connectivity index (χ2v) is 9.72. The van der Waals surface area contributed by atoms with Crippen LogP contribution in [0.2, 0.25) is 0 Å². The molecule has 4 rings (SSSR count). The molecule has 198 valence electrons. The molecule has 1 atom stereocenters. The molecule has 0 aliphatic carbocycles. The van der Waals surface area contributed by atoms with E-state index in [2.05, 4.69) is 34.6 Å². The van der Waals surface area contributed by atoms with Gasteiger partial charge in [0.2, 0.25) is 0 Å². The zero-order valence-electron chi connectivity index (χ0n) is 21.0. The monoisotopic (exact) mass is 515 g/mol. The number of carbonyl (C=O) groups excluding carboxylic acids is 2. The molecule has 2 aromatic carbocycles. The van der Waals surface area contributed by atoms with Gasteiger partial charge in [0.15, 0.2) is 0 Å². The van der Waals surface area contributed by atoms with E-state index in [4.69, 9.17) is 4.74 Å². The molecule has 0 saturated carbocycles. The topological polar surface area (TPSA) is 70.7 Å². The SMILES string of the molecule is CC1=C(C(=O)NCCNc2cccc(C(F)(F)F)c2)C2(CCN(C(C)Cc3ccccc3)CC2)OC1=O. The molecule has 1 saturated heterocycles. The second kappa shape index (κ2) is 11.0. The number of carbonyl (C=O) groups is 2. The quantitative estimate of drug-likeness (QED) is 0.398. The van der Waals surface area contributed by atoms with E-state index < -0.39 is 23.3 Å². The fourth-order valence-electron chi connectivity index (χ4n) is 5.17. The van der Waals surface area contributed by atoms with Crippen molar-refractivity contribution in [1.82, 2.24) is 10.2 Å². The van der Waals surface area contributed by atoms with Gasteiger partial charge in [-0.05, 0) is 44.0 Å². The molecular formula is C28H32F3N3O3. The molecule has 6 nitrogen and oxygen atoms in total. The number of ether oxygens (including phenoxy) is 1. The van der Waals surface area contributed by atoms with Gasteiger partial charge >= 0.3 is 12.1 Å². The fourth-order valence-corrected chi connectivity index (χ4v) is 5.17. The Labute approximate surface area is 214 Å². The number of hydrogen-bond acceptors (Lipinski definition) is 5. The first kappa shape index (κ1) is 26.7. The van der Waals surface area contributed by atoms with Gasteiger partial charge in [0, 0.05) is 56.3 Å². The molecule has 1 fully saturated rings. The average molecular weight is 516 g/mol. The minimum Gasteiger partial charge on any atom is -0.450 e. The summed E-state index contributed by atoms with van der Waals surface area (Å²) in [6.45, 7) is 5.59. The normalized spacial score (nSPS) is 18.6. The van der Waals surface area contributed by atoms with Crippen molar-refractivity contribution in [2.45, 2.75) is 50.9 Å². The van der Waals surface area contributed by atoms with Gasteiger partial charge in [0.1, 0.15) is 5.60 Å². The molecule has 0 radical (unpaired) electrons.